The first-order valence-corrected chi connectivity index (χ1v) is 3.47. The Morgan fingerprint density at radius 1 is 1.46 bits per heavy atom. The van der Waals surface area contributed by atoms with E-state index in [0.717, 1.165) is 6.26 Å². The molecule has 0 aliphatic carbocycles. The zero-order valence-electron chi connectivity index (χ0n) is 6.39. The van der Waals surface area contributed by atoms with E-state index in [1.165, 1.54) is 12.4 Å². The second-order valence-electron chi connectivity index (χ2n) is 2.49. The maximum atomic E-state index is 10.6. The third-order valence-corrected chi connectivity index (χ3v) is 1.69. The van der Waals surface area contributed by atoms with E-state index >= 15 is 0 Å². The molecule has 5 heteroatoms. The van der Waals surface area contributed by atoms with Crippen LogP contribution in [-0.4, -0.2) is 21.2 Å². The molecule has 2 rings (SSSR count). The Morgan fingerprint density at radius 3 is 2.92 bits per heavy atom. The van der Waals surface area contributed by atoms with E-state index in [0.29, 0.717) is 5.39 Å². The number of carbonyl (C=O) groups is 1. The van der Waals surface area contributed by atoms with Crippen LogP contribution in [0.15, 0.2) is 23.1 Å². The average Bonchev–Trinajstić information content (AvgIpc) is 2.48. The van der Waals surface area contributed by atoms with E-state index in [1.807, 2.05) is 0 Å². The molecule has 2 heterocycles. The second kappa shape index (κ2) is 2.48. The van der Waals surface area contributed by atoms with Gasteiger partial charge in [0.15, 0.2) is 11.3 Å². The molecule has 13 heavy (non-hydrogen) atoms. The summed E-state index contributed by atoms with van der Waals surface area (Å²) in [4.78, 5) is 14.3. The predicted molar refractivity (Wildman–Crippen MR) is 42.6 cm³/mol. The Hall–Kier alpha value is -2.04. The van der Waals surface area contributed by atoms with Crippen molar-refractivity contribution in [1.82, 2.24) is 4.98 Å². The summed E-state index contributed by atoms with van der Waals surface area (Å²) in [5, 5.41) is 18.2. The number of rotatable bonds is 1. The maximum Gasteiger partial charge on any atom is 0.339 e. The van der Waals surface area contributed by atoms with Crippen molar-refractivity contribution < 1.29 is 19.4 Å². The van der Waals surface area contributed by atoms with Crippen molar-refractivity contribution in [2.75, 3.05) is 0 Å². The molecule has 2 N–H and O–H groups in total. The summed E-state index contributed by atoms with van der Waals surface area (Å²) in [5.74, 6) is -1.27. The van der Waals surface area contributed by atoms with Crippen molar-refractivity contribution in [1.29, 1.82) is 0 Å². The van der Waals surface area contributed by atoms with Crippen LogP contribution in [0.5, 0.6) is 5.75 Å². The lowest BCUT2D eigenvalue weighted by molar-refractivity contribution is 0.0698. The van der Waals surface area contributed by atoms with Gasteiger partial charge in [-0.1, -0.05) is 0 Å². The smallest absolute Gasteiger partial charge is 0.339 e. The van der Waals surface area contributed by atoms with Crippen LogP contribution in [0.2, 0.25) is 0 Å². The fraction of sp³-hybridized carbons (Fsp3) is 0. The molecule has 66 valence electrons. The van der Waals surface area contributed by atoms with E-state index in [4.69, 9.17) is 9.52 Å². The topological polar surface area (TPSA) is 83.6 Å². The summed E-state index contributed by atoms with van der Waals surface area (Å²) in [5.41, 5.74) is 0.144. The average molecular weight is 179 g/mol. The molecule has 0 aliphatic heterocycles. The largest absolute Gasteiger partial charge is 0.503 e. The Kier molecular flexibility index (Phi) is 1.45. The molecule has 0 spiro atoms. The minimum Gasteiger partial charge on any atom is -0.503 e. The van der Waals surface area contributed by atoms with E-state index < -0.39 is 5.97 Å². The number of furan rings is 1. The summed E-state index contributed by atoms with van der Waals surface area (Å²) >= 11 is 0. The summed E-state index contributed by atoms with van der Waals surface area (Å²) in [6.45, 7) is 0. The first-order chi connectivity index (χ1) is 6.20. The minimum atomic E-state index is -1.11. The highest BCUT2D eigenvalue weighted by Crippen LogP contribution is 2.27. The van der Waals surface area contributed by atoms with Gasteiger partial charge < -0.3 is 14.6 Å². The SMILES string of the molecule is O=C(O)c1coc2c(O)cncc12. The molecule has 0 aliphatic rings. The van der Waals surface area contributed by atoms with Crippen molar-refractivity contribution in [3.63, 3.8) is 0 Å². The molecule has 0 aromatic carbocycles. The number of hydrogen-bond acceptors (Lipinski definition) is 4. The predicted octanol–water partition coefficient (Wildman–Crippen LogP) is 1.23. The summed E-state index contributed by atoms with van der Waals surface area (Å²) in [6.07, 6.45) is 3.61. The lowest BCUT2D eigenvalue weighted by Crippen LogP contribution is -1.93. The minimum absolute atomic E-state index is 0.00148. The monoisotopic (exact) mass is 179 g/mol. The third-order valence-electron chi connectivity index (χ3n) is 1.69. The number of carboxylic acids is 1. The highest BCUT2D eigenvalue weighted by molar-refractivity contribution is 6.03. The zero-order valence-corrected chi connectivity index (χ0v) is 6.39. The van der Waals surface area contributed by atoms with Crippen molar-refractivity contribution in [2.24, 2.45) is 0 Å². The van der Waals surface area contributed by atoms with Crippen LogP contribution >= 0.6 is 0 Å². The maximum absolute atomic E-state index is 10.6. The van der Waals surface area contributed by atoms with Crippen molar-refractivity contribution in [3.8, 4) is 5.75 Å². The Morgan fingerprint density at radius 2 is 2.23 bits per heavy atom. The first-order valence-electron chi connectivity index (χ1n) is 3.47. The van der Waals surface area contributed by atoms with Gasteiger partial charge in [-0.25, -0.2) is 4.79 Å². The fourth-order valence-electron chi connectivity index (χ4n) is 1.10. The third kappa shape index (κ3) is 1.01. The van der Waals surface area contributed by atoms with Gasteiger partial charge in [0.25, 0.3) is 0 Å². The van der Waals surface area contributed by atoms with Crippen LogP contribution in [0.4, 0.5) is 0 Å². The van der Waals surface area contributed by atoms with Crippen LogP contribution in [0, 0.1) is 0 Å². The van der Waals surface area contributed by atoms with Gasteiger partial charge in [-0.2, -0.15) is 0 Å². The molecule has 0 saturated carbocycles. The molecular weight excluding hydrogens is 174 g/mol. The van der Waals surface area contributed by atoms with E-state index in [9.17, 15) is 9.90 Å². The lowest BCUT2D eigenvalue weighted by Gasteiger charge is -1.91. The number of aromatic nitrogens is 1. The quantitative estimate of drug-likeness (QED) is 0.687. The molecular formula is C8H5NO4. The van der Waals surface area contributed by atoms with Gasteiger partial charge in [-0.15, -0.1) is 0 Å². The molecule has 0 saturated heterocycles. The van der Waals surface area contributed by atoms with Gasteiger partial charge in [0.2, 0.25) is 0 Å². The van der Waals surface area contributed by atoms with Gasteiger partial charge in [-0.05, 0) is 0 Å². The standard InChI is InChI=1S/C8H5NO4/c10-6-2-9-1-4-5(8(11)12)3-13-7(4)6/h1-3,10H,(H,11,12). The number of pyridine rings is 1. The molecule has 0 radical (unpaired) electrons. The molecule has 0 atom stereocenters. The van der Waals surface area contributed by atoms with Crippen molar-refractivity contribution in [2.45, 2.75) is 0 Å². The van der Waals surface area contributed by atoms with Crippen LogP contribution in [0.1, 0.15) is 10.4 Å². The van der Waals surface area contributed by atoms with E-state index in [1.54, 1.807) is 0 Å². The highest BCUT2D eigenvalue weighted by Gasteiger charge is 2.14. The molecule has 0 amide bonds. The van der Waals surface area contributed by atoms with Crippen LogP contribution in [0.25, 0.3) is 11.0 Å². The summed E-state index contributed by atoms with van der Waals surface area (Å²) in [6, 6.07) is 0. The van der Waals surface area contributed by atoms with Gasteiger partial charge in [0.05, 0.1) is 11.6 Å². The van der Waals surface area contributed by atoms with Gasteiger partial charge in [-0.3, -0.25) is 4.98 Å². The number of nitrogens with zero attached hydrogens (tertiary/aromatic N) is 1. The van der Waals surface area contributed by atoms with Gasteiger partial charge in [0, 0.05) is 6.20 Å². The first kappa shape index (κ1) is 7.60. The molecule has 5 nitrogen and oxygen atoms in total. The number of aromatic hydroxyl groups is 1. The second-order valence-corrected chi connectivity index (χ2v) is 2.49. The Bertz CT molecular complexity index is 474. The molecule has 2 aromatic heterocycles. The molecule has 2 aromatic rings. The number of aromatic carboxylic acids is 1. The van der Waals surface area contributed by atoms with Gasteiger partial charge in [0.1, 0.15) is 11.8 Å². The van der Waals surface area contributed by atoms with Gasteiger partial charge >= 0.3 is 5.97 Å². The lowest BCUT2D eigenvalue weighted by atomic mass is 10.2. The summed E-state index contributed by atoms with van der Waals surface area (Å²) in [7, 11) is 0. The van der Waals surface area contributed by atoms with Crippen molar-refractivity contribution >= 4 is 16.9 Å². The molecule has 0 unspecified atom stereocenters. The Labute approximate surface area is 72.2 Å². The molecule has 0 bridgehead atoms. The highest BCUT2D eigenvalue weighted by atomic mass is 16.4. The number of hydrogen-bond donors (Lipinski definition) is 2. The van der Waals surface area contributed by atoms with E-state index in [-0.39, 0.29) is 16.9 Å². The van der Waals surface area contributed by atoms with Crippen LogP contribution in [-0.2, 0) is 0 Å². The van der Waals surface area contributed by atoms with Crippen LogP contribution in [0.3, 0.4) is 0 Å². The zero-order chi connectivity index (χ0) is 9.42. The molecule has 0 fully saturated rings. The van der Waals surface area contributed by atoms with E-state index in [2.05, 4.69) is 4.98 Å². The number of fused-ring (bicyclic) bond motifs is 1. The normalized spacial score (nSPS) is 10.5. The summed E-state index contributed by atoms with van der Waals surface area (Å²) < 4.78 is 4.87. The van der Waals surface area contributed by atoms with Crippen molar-refractivity contribution in [3.05, 3.63) is 24.2 Å². The number of carboxylic acid groups (broad SMARTS) is 1. The fourth-order valence-corrected chi connectivity index (χ4v) is 1.10. The van der Waals surface area contributed by atoms with Crippen LogP contribution < -0.4 is 0 Å². The Balaban J connectivity index is 2.83.